The van der Waals surface area contributed by atoms with E-state index in [1.54, 1.807) is 0 Å². The Balaban J connectivity index is 7.11. The molecule has 0 aromatic carbocycles. The van der Waals surface area contributed by atoms with Gasteiger partial charge in [-0.05, 0) is 24.7 Å². The maximum absolute atomic E-state index is 14.4. The lowest BCUT2D eigenvalue weighted by molar-refractivity contribution is -0.581. The van der Waals surface area contributed by atoms with E-state index >= 15 is 0 Å². The van der Waals surface area contributed by atoms with Gasteiger partial charge in [-0.2, -0.15) is 202 Å². The van der Waals surface area contributed by atoms with Gasteiger partial charge in [0, 0.05) is 6.54 Å². The molecule has 59 heteroatoms. The molecule has 0 spiro atoms. The molecular weight excluding hydrogens is 1520 g/mol. The molecule has 1 amide bonds. The molecule has 0 rings (SSSR count). The van der Waals surface area contributed by atoms with Crippen LogP contribution in [0.15, 0.2) is 38.0 Å². The van der Waals surface area contributed by atoms with E-state index in [4.69, 9.17) is 0 Å². The molecule has 95 heavy (non-hydrogen) atoms. The fourth-order valence-corrected chi connectivity index (χ4v) is 5.38. The largest absolute Gasteiger partial charge is 0.527 e. The first-order chi connectivity index (χ1) is 40.7. The van der Waals surface area contributed by atoms with Crippen molar-refractivity contribution in [3.8, 4) is 0 Å². The van der Waals surface area contributed by atoms with E-state index in [9.17, 15) is 220 Å². The number of rotatable bonds is 39. The summed E-state index contributed by atoms with van der Waals surface area (Å²) in [4.78, 5) is 11.9. The van der Waals surface area contributed by atoms with Crippen molar-refractivity contribution < 1.29 is 258 Å². The minimum absolute atomic E-state index is 0.493. The van der Waals surface area contributed by atoms with Crippen molar-refractivity contribution >= 4 is 5.91 Å². The molecule has 0 bridgehead atoms. The minimum Gasteiger partial charge on any atom is -0.350 e. The predicted octanol–water partition coefficient (Wildman–Crippen LogP) is 17.4. The SMILES string of the molecule is C=CCC(CC=C)(CC=C)CNC(=O)C(F)(F)C(F)(F)C(F)(F)OC(F)(F)C(F)(F)OC(F)(F)C(F)(F)C(F)(F)C(F)(F)OC(F)(F)C(F)(F)OC(F)(F)C(F)(F)C(F)(F)C(F)(F)OC(F)(F)C(F)(F)OC(F)(F)C(F)(F)C(F)(F)C(F)(F)OC(F)(F)C(F)(F)OC(F)(F)F. The summed E-state index contributed by atoms with van der Waals surface area (Å²) >= 11 is 0. The van der Waals surface area contributed by atoms with Crippen LogP contribution in [0.5, 0.6) is 0 Å². The van der Waals surface area contributed by atoms with Gasteiger partial charge in [0.15, 0.2) is 0 Å². The number of amides is 1. The Morgan fingerprint density at radius 1 is 0.242 bits per heavy atom. The second-order valence-corrected chi connectivity index (χ2v) is 17.3. The van der Waals surface area contributed by atoms with E-state index in [-0.39, 0.29) is 0 Å². The zero-order valence-electron chi connectivity index (χ0n) is 42.4. The molecule has 0 unspecified atom stereocenters. The van der Waals surface area contributed by atoms with Crippen molar-refractivity contribution in [2.75, 3.05) is 6.54 Å². The summed E-state index contributed by atoms with van der Waals surface area (Å²) in [6, 6.07) is 0. The van der Waals surface area contributed by atoms with Crippen molar-refractivity contribution in [3.63, 3.8) is 0 Å². The van der Waals surface area contributed by atoms with E-state index < -0.39 is 183 Å². The highest BCUT2D eigenvalue weighted by atomic mass is 19.4. The first-order valence-corrected chi connectivity index (χ1v) is 21.2. The number of nitrogens with one attached hydrogen (secondary N) is 1. The first kappa shape index (κ1) is 89.9. The van der Waals surface area contributed by atoms with E-state index in [0.717, 1.165) is 37.8 Å². The van der Waals surface area contributed by atoms with Gasteiger partial charge < -0.3 is 5.32 Å². The lowest BCUT2D eigenvalue weighted by Gasteiger charge is -2.41. The number of hydrogen-bond acceptors (Lipinski definition) is 9. The number of carbonyl (C=O) groups excluding carboxylic acids is 1. The van der Waals surface area contributed by atoms with Crippen LogP contribution in [0.2, 0.25) is 0 Å². The van der Waals surface area contributed by atoms with Crippen LogP contribution in [-0.2, 0) is 42.7 Å². The van der Waals surface area contributed by atoms with Crippen LogP contribution in [0.3, 0.4) is 0 Å². The van der Waals surface area contributed by atoms with Gasteiger partial charge in [0.2, 0.25) is 0 Å². The average Bonchev–Trinajstić information content (AvgIpc) is 0.732. The second-order valence-electron chi connectivity index (χ2n) is 17.3. The summed E-state index contributed by atoms with van der Waals surface area (Å²) in [5.74, 6) is -76.7. The molecule has 0 atom stereocenters. The summed E-state index contributed by atoms with van der Waals surface area (Å²) in [5, 5.41) is 0.797. The van der Waals surface area contributed by atoms with Crippen molar-refractivity contribution in [2.45, 2.75) is 165 Å². The maximum Gasteiger partial charge on any atom is 0.527 e. The van der Waals surface area contributed by atoms with Crippen LogP contribution in [0.4, 0.5) is 215 Å². The third kappa shape index (κ3) is 16.5. The maximum atomic E-state index is 14.4. The van der Waals surface area contributed by atoms with Gasteiger partial charge in [0.1, 0.15) is 0 Å². The molecule has 0 heterocycles. The Labute approximate surface area is 484 Å². The zero-order chi connectivity index (χ0) is 77.4. The van der Waals surface area contributed by atoms with E-state index in [1.807, 2.05) is 0 Å². The molecule has 0 aromatic heterocycles. The predicted molar refractivity (Wildman–Crippen MR) is 188 cm³/mol. The van der Waals surface area contributed by atoms with Gasteiger partial charge in [0.05, 0.1) is 0 Å². The number of allylic oxidation sites excluding steroid dienone is 3. The average molecular weight is 1540 g/mol. The highest BCUT2D eigenvalue weighted by molar-refractivity contribution is 5.84. The van der Waals surface area contributed by atoms with Gasteiger partial charge in [0.25, 0.3) is 5.91 Å². The van der Waals surface area contributed by atoms with Crippen LogP contribution in [0, 0.1) is 5.41 Å². The normalized spacial score (nSPS) is 16.3. The third-order valence-electron chi connectivity index (χ3n) is 10.2. The fraction of sp³-hybridized carbons (Fsp3) is 0.806. The monoisotopic (exact) mass is 1540 g/mol. The summed E-state index contributed by atoms with van der Waals surface area (Å²) in [6.45, 7) is 8.01. The van der Waals surface area contributed by atoms with Gasteiger partial charge in [-0.25, -0.2) is 37.9 Å². The van der Waals surface area contributed by atoms with Crippen molar-refractivity contribution in [1.82, 2.24) is 5.32 Å². The molecule has 0 aliphatic carbocycles. The molecule has 0 saturated carbocycles. The molecule has 1 N–H and O–H groups in total. The number of carbonyl (C=O) groups is 1. The molecule has 0 aliphatic rings. The molecule has 10 nitrogen and oxygen atoms in total. The van der Waals surface area contributed by atoms with Crippen LogP contribution in [0.25, 0.3) is 0 Å². The lowest BCUT2D eigenvalue weighted by atomic mass is 9.78. The zero-order valence-corrected chi connectivity index (χ0v) is 42.4. The summed E-state index contributed by atoms with van der Waals surface area (Å²) in [5.41, 5.74) is -1.74. The van der Waals surface area contributed by atoms with E-state index in [2.05, 4.69) is 19.7 Å². The molecule has 0 aromatic rings. The molecule has 0 aliphatic heterocycles. The molecule has 0 saturated heterocycles. The summed E-state index contributed by atoms with van der Waals surface area (Å²) < 4.78 is 682. The molecule has 0 fully saturated rings. The molecule has 564 valence electrons. The summed E-state index contributed by atoms with van der Waals surface area (Å²) in [6.07, 6.45) is -141. The Morgan fingerprint density at radius 2 is 0.389 bits per heavy atom. The van der Waals surface area contributed by atoms with Crippen molar-refractivity contribution in [3.05, 3.63) is 38.0 Å². The van der Waals surface area contributed by atoms with Gasteiger partial charge in [-0.15, -0.1) is 32.9 Å². The standard InChI is InChI=1S/C36H18F49NO9/c1-4-7-12(8-5-2,9-6-3)10-86-11(87)13(37,38)14(39,40)21(53,54)88-28(67,68)29(69,70)89-22(55,56)15(41,42)16(43,44)23(57,58)90-30(71,72)31(73,74)91-24(59,60)17(45,46)18(47,48)25(61,62)92-32(75,76)33(77,78)93-26(63,64)19(49,50)20(51,52)27(65,66)94-34(79,80)35(81,82)95-36(83,84)85/h4-6H,1-3,7-10H2,(H,86,87). The number of alkyl halides is 49. The van der Waals surface area contributed by atoms with Gasteiger partial charge in [-0.1, -0.05) is 18.2 Å². The van der Waals surface area contributed by atoms with Crippen LogP contribution in [0.1, 0.15) is 19.3 Å². The van der Waals surface area contributed by atoms with Crippen LogP contribution < -0.4 is 5.32 Å². The van der Waals surface area contributed by atoms with E-state index in [1.165, 1.54) is 4.74 Å². The highest BCUT2D eigenvalue weighted by Crippen LogP contribution is 2.63. The van der Waals surface area contributed by atoms with Crippen LogP contribution in [-0.4, -0.2) is 158 Å². The minimum atomic E-state index is -9.75. The Kier molecular flexibility index (Phi) is 24.2. The van der Waals surface area contributed by atoms with E-state index in [0.29, 0.717) is 18.9 Å². The quantitative estimate of drug-likeness (QED) is 0.0476. The number of ether oxygens (including phenoxy) is 8. The second kappa shape index (κ2) is 25.6. The topological polar surface area (TPSA) is 103 Å². The molecule has 0 radical (unpaired) electrons. The number of hydrogen-bond donors (Lipinski definition) is 1. The lowest BCUT2D eigenvalue weighted by Crippen LogP contribution is -2.69. The van der Waals surface area contributed by atoms with Gasteiger partial charge in [-0.3, -0.25) is 4.79 Å². The summed E-state index contributed by atoms with van der Waals surface area (Å²) in [7, 11) is 0. The Hall–Kier alpha value is -5.06. The first-order valence-electron chi connectivity index (χ1n) is 21.2. The van der Waals surface area contributed by atoms with Crippen LogP contribution >= 0.6 is 0 Å². The third-order valence-corrected chi connectivity index (χ3v) is 10.2. The smallest absolute Gasteiger partial charge is 0.350 e. The van der Waals surface area contributed by atoms with Gasteiger partial charge >= 0.3 is 145 Å². The molecular formula is C36H18F49NO9. The Bertz CT molecular complexity index is 2660. The Morgan fingerprint density at radius 3 is 0.537 bits per heavy atom. The van der Waals surface area contributed by atoms with Crippen molar-refractivity contribution in [1.29, 1.82) is 0 Å². The number of halogens is 49. The highest BCUT2D eigenvalue weighted by Gasteiger charge is 2.92. The van der Waals surface area contributed by atoms with Crippen molar-refractivity contribution in [2.24, 2.45) is 5.41 Å². The fourth-order valence-electron chi connectivity index (χ4n) is 5.38.